The number of aryl methyl sites for hydroxylation is 1. The lowest BCUT2D eigenvalue weighted by Gasteiger charge is -2.06. The molecule has 0 heterocycles. The maximum atomic E-state index is 11.9. The van der Waals surface area contributed by atoms with Crippen molar-refractivity contribution >= 4 is 5.91 Å². The van der Waals surface area contributed by atoms with Crippen LogP contribution in [0.3, 0.4) is 0 Å². The number of amides is 1. The van der Waals surface area contributed by atoms with Gasteiger partial charge >= 0.3 is 0 Å². The van der Waals surface area contributed by atoms with Crippen LogP contribution in [-0.4, -0.2) is 17.6 Å². The summed E-state index contributed by atoms with van der Waals surface area (Å²) in [4.78, 5) is 11.9. The van der Waals surface area contributed by atoms with Crippen molar-refractivity contribution in [1.29, 1.82) is 0 Å². The molecular weight excluding hydrogens is 418 g/mol. The third kappa shape index (κ3) is 19.9. The molecule has 0 aromatic heterocycles. The molecule has 0 saturated carbocycles. The molecule has 0 bridgehead atoms. The average Bonchev–Trinajstić information content (AvgIpc) is 2.84. The number of phenolic OH excluding ortho intramolecular Hbond substituents is 1. The number of carbonyl (C=O) groups is 1. The van der Waals surface area contributed by atoms with Crippen LogP contribution < -0.4 is 5.32 Å². The van der Waals surface area contributed by atoms with Crippen LogP contribution in [0.25, 0.3) is 0 Å². The van der Waals surface area contributed by atoms with Crippen LogP contribution in [0, 0.1) is 0 Å². The standard InChI is InChI=1S/C31H55NO2/c1-2-3-4-5-6-7-8-9-10-11-12-13-14-15-16-17-18-19-20-23-31(34)32-28-21-22-29-24-26-30(33)27-25-29/h24-27,33H,2-23,28H2,1H3,(H,32,34). The minimum absolute atomic E-state index is 0.192. The van der Waals surface area contributed by atoms with Crippen LogP contribution >= 0.6 is 0 Å². The Hall–Kier alpha value is -1.51. The average molecular weight is 474 g/mol. The third-order valence-corrected chi connectivity index (χ3v) is 6.91. The molecule has 0 aliphatic rings. The second-order valence-corrected chi connectivity index (χ2v) is 10.2. The lowest BCUT2D eigenvalue weighted by atomic mass is 10.0. The van der Waals surface area contributed by atoms with E-state index in [1.807, 2.05) is 12.1 Å². The Bertz CT molecular complexity index is 569. The second kappa shape index (κ2) is 23.2. The maximum absolute atomic E-state index is 11.9. The molecule has 0 spiro atoms. The molecule has 0 unspecified atom stereocenters. The molecule has 1 aromatic rings. The van der Waals surface area contributed by atoms with Gasteiger partial charge in [-0.3, -0.25) is 4.79 Å². The zero-order valence-corrected chi connectivity index (χ0v) is 22.4. The van der Waals surface area contributed by atoms with Crippen molar-refractivity contribution in [2.75, 3.05) is 6.54 Å². The van der Waals surface area contributed by atoms with E-state index in [2.05, 4.69) is 12.2 Å². The minimum Gasteiger partial charge on any atom is -0.508 e. The van der Waals surface area contributed by atoms with Gasteiger partial charge < -0.3 is 10.4 Å². The number of rotatable bonds is 24. The molecule has 196 valence electrons. The Morgan fingerprint density at radius 1 is 0.618 bits per heavy atom. The molecule has 1 amide bonds. The highest BCUT2D eigenvalue weighted by atomic mass is 16.3. The van der Waals surface area contributed by atoms with Crippen LogP contribution in [0.4, 0.5) is 0 Å². The molecule has 0 fully saturated rings. The van der Waals surface area contributed by atoms with Crippen molar-refractivity contribution in [1.82, 2.24) is 5.32 Å². The zero-order valence-electron chi connectivity index (χ0n) is 22.4. The number of phenols is 1. The van der Waals surface area contributed by atoms with Gasteiger partial charge in [-0.1, -0.05) is 135 Å². The van der Waals surface area contributed by atoms with Crippen molar-refractivity contribution in [3.05, 3.63) is 29.8 Å². The highest BCUT2D eigenvalue weighted by Gasteiger charge is 2.01. The van der Waals surface area contributed by atoms with Crippen molar-refractivity contribution in [2.24, 2.45) is 0 Å². The van der Waals surface area contributed by atoms with Gasteiger partial charge in [-0.25, -0.2) is 0 Å². The minimum atomic E-state index is 0.192. The Labute approximate surface area is 211 Å². The molecule has 0 aliphatic carbocycles. The van der Waals surface area contributed by atoms with Crippen molar-refractivity contribution < 1.29 is 9.90 Å². The second-order valence-electron chi connectivity index (χ2n) is 10.2. The fourth-order valence-corrected chi connectivity index (χ4v) is 4.64. The Balaban J connectivity index is 1.73. The monoisotopic (exact) mass is 473 g/mol. The number of hydrogen-bond acceptors (Lipinski definition) is 2. The van der Waals surface area contributed by atoms with Gasteiger partial charge in [0.05, 0.1) is 0 Å². The fraction of sp³-hybridized carbons (Fsp3) is 0.774. The smallest absolute Gasteiger partial charge is 0.219 e. The van der Waals surface area contributed by atoms with Crippen LogP contribution in [-0.2, 0) is 11.2 Å². The predicted octanol–water partition coefficient (Wildman–Crippen LogP) is 9.26. The van der Waals surface area contributed by atoms with Gasteiger partial charge in [0.2, 0.25) is 5.91 Å². The number of hydrogen-bond donors (Lipinski definition) is 2. The van der Waals surface area contributed by atoms with E-state index in [1.165, 1.54) is 121 Å². The van der Waals surface area contributed by atoms with Crippen LogP contribution in [0.2, 0.25) is 0 Å². The molecule has 0 atom stereocenters. The summed E-state index contributed by atoms with van der Waals surface area (Å²) < 4.78 is 0. The summed E-state index contributed by atoms with van der Waals surface area (Å²) in [7, 11) is 0. The number of aromatic hydroxyl groups is 1. The summed E-state index contributed by atoms with van der Waals surface area (Å²) in [6.45, 7) is 3.02. The summed E-state index contributed by atoms with van der Waals surface area (Å²) in [5.41, 5.74) is 1.20. The maximum Gasteiger partial charge on any atom is 0.219 e. The molecule has 34 heavy (non-hydrogen) atoms. The number of benzene rings is 1. The lowest BCUT2D eigenvalue weighted by Crippen LogP contribution is -2.24. The summed E-state index contributed by atoms with van der Waals surface area (Å²) in [6.07, 6.45) is 28.7. The van der Waals surface area contributed by atoms with E-state index in [9.17, 15) is 9.90 Å². The molecular formula is C31H55NO2. The normalized spacial score (nSPS) is 11.1. The first kappa shape index (κ1) is 30.5. The lowest BCUT2D eigenvalue weighted by molar-refractivity contribution is -0.121. The quantitative estimate of drug-likeness (QED) is 0.147. The SMILES string of the molecule is CCCCCCCCCCCCCCCCCCCCCC(=O)NCCCc1ccc(O)cc1. The third-order valence-electron chi connectivity index (χ3n) is 6.91. The van der Waals surface area contributed by atoms with E-state index < -0.39 is 0 Å². The molecule has 0 radical (unpaired) electrons. The van der Waals surface area contributed by atoms with Crippen LogP contribution in [0.5, 0.6) is 5.75 Å². The van der Waals surface area contributed by atoms with E-state index in [4.69, 9.17) is 0 Å². The fourth-order valence-electron chi connectivity index (χ4n) is 4.64. The highest BCUT2D eigenvalue weighted by molar-refractivity contribution is 5.75. The number of carbonyl (C=O) groups excluding carboxylic acids is 1. The molecule has 1 rings (SSSR count). The first-order chi connectivity index (χ1) is 16.7. The molecule has 2 N–H and O–H groups in total. The largest absolute Gasteiger partial charge is 0.508 e. The Kier molecular flexibility index (Phi) is 20.9. The van der Waals surface area contributed by atoms with Gasteiger partial charge in [0, 0.05) is 13.0 Å². The number of nitrogens with one attached hydrogen (secondary N) is 1. The summed E-state index contributed by atoms with van der Waals surface area (Å²) in [6, 6.07) is 7.31. The van der Waals surface area contributed by atoms with E-state index in [1.54, 1.807) is 12.1 Å². The van der Waals surface area contributed by atoms with E-state index >= 15 is 0 Å². The van der Waals surface area contributed by atoms with Crippen molar-refractivity contribution in [2.45, 2.75) is 148 Å². The van der Waals surface area contributed by atoms with Crippen molar-refractivity contribution in [3.63, 3.8) is 0 Å². The van der Waals surface area contributed by atoms with E-state index in [0.29, 0.717) is 12.2 Å². The number of unbranched alkanes of at least 4 members (excludes halogenated alkanes) is 18. The van der Waals surface area contributed by atoms with E-state index in [-0.39, 0.29) is 5.91 Å². The van der Waals surface area contributed by atoms with Crippen LogP contribution in [0.15, 0.2) is 24.3 Å². The van der Waals surface area contributed by atoms with Crippen molar-refractivity contribution in [3.8, 4) is 5.75 Å². The topological polar surface area (TPSA) is 49.3 Å². The zero-order chi connectivity index (χ0) is 24.5. The highest BCUT2D eigenvalue weighted by Crippen LogP contribution is 2.15. The van der Waals surface area contributed by atoms with Gasteiger partial charge in [-0.2, -0.15) is 0 Å². The Morgan fingerprint density at radius 2 is 1.03 bits per heavy atom. The van der Waals surface area contributed by atoms with E-state index in [0.717, 1.165) is 25.8 Å². The summed E-state index contributed by atoms with van der Waals surface area (Å²) >= 11 is 0. The first-order valence-electron chi connectivity index (χ1n) is 14.8. The summed E-state index contributed by atoms with van der Waals surface area (Å²) in [5, 5.41) is 12.3. The van der Waals surface area contributed by atoms with Gasteiger partial charge in [-0.15, -0.1) is 0 Å². The molecule has 3 heteroatoms. The van der Waals surface area contributed by atoms with Crippen LogP contribution in [0.1, 0.15) is 147 Å². The van der Waals surface area contributed by atoms with Gasteiger partial charge in [0.1, 0.15) is 5.75 Å². The Morgan fingerprint density at radius 3 is 1.47 bits per heavy atom. The van der Waals surface area contributed by atoms with Gasteiger partial charge in [0.15, 0.2) is 0 Å². The van der Waals surface area contributed by atoms with Gasteiger partial charge in [0.25, 0.3) is 0 Å². The molecule has 3 nitrogen and oxygen atoms in total. The summed E-state index contributed by atoms with van der Waals surface area (Å²) in [5.74, 6) is 0.495. The first-order valence-corrected chi connectivity index (χ1v) is 14.8. The molecule has 1 aromatic carbocycles. The van der Waals surface area contributed by atoms with Gasteiger partial charge in [-0.05, 0) is 37.0 Å². The molecule has 0 saturated heterocycles. The molecule has 0 aliphatic heterocycles. The predicted molar refractivity (Wildman–Crippen MR) is 147 cm³/mol.